The highest BCUT2D eigenvalue weighted by Gasteiger charge is 2.16. The molecule has 1 aromatic rings. The van der Waals surface area contributed by atoms with Crippen LogP contribution in [0.25, 0.3) is 0 Å². The molecule has 0 aromatic heterocycles. The maximum Gasteiger partial charge on any atom is 0.234 e. The number of carbonyl (C=O) groups excluding carboxylic acids is 1. The van der Waals surface area contributed by atoms with Crippen LogP contribution in [-0.2, 0) is 4.79 Å². The van der Waals surface area contributed by atoms with Crippen molar-refractivity contribution < 1.29 is 19.4 Å². The molecule has 1 aromatic carbocycles. The first-order valence-electron chi connectivity index (χ1n) is 7.66. The Bertz CT molecular complexity index is 507. The number of benzene rings is 1. The van der Waals surface area contributed by atoms with Crippen LogP contribution in [0.5, 0.6) is 11.5 Å². The standard InChI is InChI=1S/C16H24N2O4/c1-3-18(6-7-19)11-16(20)17-12(2)13-4-5-14-15(10-13)22-9-8-21-14/h4-5,10,12,19H,3,6-9,11H2,1-2H3,(H,17,20). The molecule has 0 radical (unpaired) electrons. The molecule has 1 unspecified atom stereocenters. The van der Waals surface area contributed by atoms with Crippen molar-refractivity contribution in [2.75, 3.05) is 39.5 Å². The van der Waals surface area contributed by atoms with Crippen molar-refractivity contribution >= 4 is 5.91 Å². The molecule has 0 saturated carbocycles. The molecule has 2 N–H and O–H groups in total. The van der Waals surface area contributed by atoms with Crippen LogP contribution < -0.4 is 14.8 Å². The number of fused-ring (bicyclic) bond motifs is 1. The van der Waals surface area contributed by atoms with E-state index in [-0.39, 0.29) is 25.1 Å². The van der Waals surface area contributed by atoms with E-state index in [1.54, 1.807) is 0 Å². The summed E-state index contributed by atoms with van der Waals surface area (Å²) in [7, 11) is 0. The van der Waals surface area contributed by atoms with Gasteiger partial charge in [0, 0.05) is 6.54 Å². The van der Waals surface area contributed by atoms with Crippen LogP contribution in [0.1, 0.15) is 25.5 Å². The number of nitrogens with zero attached hydrogens (tertiary/aromatic N) is 1. The fourth-order valence-corrected chi connectivity index (χ4v) is 2.39. The third kappa shape index (κ3) is 4.35. The van der Waals surface area contributed by atoms with Gasteiger partial charge in [0.2, 0.25) is 5.91 Å². The molecular weight excluding hydrogens is 284 g/mol. The molecule has 1 heterocycles. The number of hydrogen-bond acceptors (Lipinski definition) is 5. The lowest BCUT2D eigenvalue weighted by atomic mass is 10.1. The summed E-state index contributed by atoms with van der Waals surface area (Å²) in [6.45, 7) is 6.58. The van der Waals surface area contributed by atoms with E-state index in [9.17, 15) is 4.79 Å². The van der Waals surface area contributed by atoms with Crippen LogP contribution in [0.3, 0.4) is 0 Å². The number of amides is 1. The maximum absolute atomic E-state index is 12.1. The van der Waals surface area contributed by atoms with Crippen molar-refractivity contribution in [1.82, 2.24) is 10.2 Å². The number of hydrogen-bond donors (Lipinski definition) is 2. The summed E-state index contributed by atoms with van der Waals surface area (Å²) in [6.07, 6.45) is 0. The third-order valence-corrected chi connectivity index (χ3v) is 3.67. The normalized spacial score (nSPS) is 14.7. The Balaban J connectivity index is 1.93. The summed E-state index contributed by atoms with van der Waals surface area (Å²) in [4.78, 5) is 14.0. The minimum atomic E-state index is -0.115. The Morgan fingerprint density at radius 2 is 2.09 bits per heavy atom. The average Bonchev–Trinajstić information content (AvgIpc) is 2.53. The Labute approximate surface area is 131 Å². The zero-order valence-corrected chi connectivity index (χ0v) is 13.2. The Hall–Kier alpha value is -1.79. The molecule has 2 rings (SSSR count). The lowest BCUT2D eigenvalue weighted by molar-refractivity contribution is -0.122. The first-order valence-corrected chi connectivity index (χ1v) is 7.66. The monoisotopic (exact) mass is 308 g/mol. The van der Waals surface area contributed by atoms with Crippen LogP contribution in [0.4, 0.5) is 0 Å². The molecule has 1 aliphatic heterocycles. The van der Waals surface area contributed by atoms with Crippen molar-refractivity contribution in [3.63, 3.8) is 0 Å². The van der Waals surface area contributed by atoms with Crippen LogP contribution in [0.15, 0.2) is 18.2 Å². The number of aliphatic hydroxyl groups excluding tert-OH is 1. The van der Waals surface area contributed by atoms with Gasteiger partial charge in [-0.1, -0.05) is 13.0 Å². The van der Waals surface area contributed by atoms with Gasteiger partial charge in [-0.25, -0.2) is 0 Å². The lowest BCUT2D eigenvalue weighted by Gasteiger charge is -2.22. The van der Waals surface area contributed by atoms with E-state index < -0.39 is 0 Å². The minimum absolute atomic E-state index is 0.0544. The van der Waals surface area contributed by atoms with E-state index in [1.807, 2.05) is 36.9 Å². The van der Waals surface area contributed by atoms with Gasteiger partial charge in [-0.15, -0.1) is 0 Å². The second-order valence-electron chi connectivity index (χ2n) is 5.28. The van der Waals surface area contributed by atoms with E-state index in [0.29, 0.717) is 19.8 Å². The fourth-order valence-electron chi connectivity index (χ4n) is 2.39. The zero-order valence-electron chi connectivity index (χ0n) is 13.2. The SMILES string of the molecule is CCN(CCO)CC(=O)NC(C)c1ccc2c(c1)OCCO2. The molecule has 1 atom stereocenters. The molecule has 6 heteroatoms. The Kier molecular flexibility index (Phi) is 6.03. The smallest absolute Gasteiger partial charge is 0.234 e. The summed E-state index contributed by atoms with van der Waals surface area (Å²) >= 11 is 0. The number of ether oxygens (including phenoxy) is 2. The molecule has 0 aliphatic carbocycles. The molecule has 0 bridgehead atoms. The molecule has 122 valence electrons. The summed E-state index contributed by atoms with van der Waals surface area (Å²) in [5.41, 5.74) is 0.975. The highest BCUT2D eigenvalue weighted by molar-refractivity contribution is 5.78. The van der Waals surface area contributed by atoms with Gasteiger partial charge in [-0.2, -0.15) is 0 Å². The molecule has 0 spiro atoms. The first-order chi connectivity index (χ1) is 10.6. The van der Waals surface area contributed by atoms with Crippen LogP contribution in [-0.4, -0.2) is 55.4 Å². The highest BCUT2D eigenvalue weighted by Crippen LogP contribution is 2.32. The van der Waals surface area contributed by atoms with E-state index >= 15 is 0 Å². The molecule has 1 amide bonds. The highest BCUT2D eigenvalue weighted by atomic mass is 16.6. The van der Waals surface area contributed by atoms with Crippen molar-refractivity contribution in [2.24, 2.45) is 0 Å². The molecule has 1 aliphatic rings. The molecule has 0 saturated heterocycles. The number of aliphatic hydroxyl groups is 1. The first kappa shape index (κ1) is 16.6. The average molecular weight is 308 g/mol. The van der Waals surface area contributed by atoms with E-state index in [1.165, 1.54) is 0 Å². The number of carbonyl (C=O) groups is 1. The predicted molar refractivity (Wildman–Crippen MR) is 83.2 cm³/mol. The number of likely N-dealkylation sites (N-methyl/N-ethyl adjacent to an activating group) is 1. The van der Waals surface area contributed by atoms with Crippen LogP contribution in [0, 0.1) is 0 Å². The molecule has 0 fully saturated rings. The Morgan fingerprint density at radius 3 is 2.77 bits per heavy atom. The quantitative estimate of drug-likeness (QED) is 0.785. The largest absolute Gasteiger partial charge is 0.486 e. The van der Waals surface area contributed by atoms with Crippen molar-refractivity contribution in [2.45, 2.75) is 19.9 Å². The summed E-state index contributed by atoms with van der Waals surface area (Å²) in [5, 5.41) is 11.9. The minimum Gasteiger partial charge on any atom is -0.486 e. The maximum atomic E-state index is 12.1. The predicted octanol–water partition coefficient (Wildman–Crippen LogP) is 0.949. The van der Waals surface area contributed by atoms with Crippen LogP contribution in [0.2, 0.25) is 0 Å². The topological polar surface area (TPSA) is 71.0 Å². The summed E-state index contributed by atoms with van der Waals surface area (Å²) in [5.74, 6) is 1.41. The molecule has 22 heavy (non-hydrogen) atoms. The Morgan fingerprint density at radius 1 is 1.36 bits per heavy atom. The van der Waals surface area contributed by atoms with Gasteiger partial charge in [-0.3, -0.25) is 9.69 Å². The van der Waals surface area contributed by atoms with Gasteiger partial charge in [-0.05, 0) is 31.2 Å². The van der Waals surface area contributed by atoms with Gasteiger partial charge in [0.15, 0.2) is 11.5 Å². The second-order valence-corrected chi connectivity index (χ2v) is 5.28. The lowest BCUT2D eigenvalue weighted by Crippen LogP contribution is -2.39. The van der Waals surface area contributed by atoms with Gasteiger partial charge < -0.3 is 19.9 Å². The third-order valence-electron chi connectivity index (χ3n) is 3.67. The van der Waals surface area contributed by atoms with Gasteiger partial charge >= 0.3 is 0 Å². The van der Waals surface area contributed by atoms with Crippen molar-refractivity contribution in [3.05, 3.63) is 23.8 Å². The number of nitrogens with one attached hydrogen (secondary N) is 1. The fraction of sp³-hybridized carbons (Fsp3) is 0.562. The second kappa shape index (κ2) is 8.00. The van der Waals surface area contributed by atoms with Crippen LogP contribution >= 0.6 is 0 Å². The summed E-state index contributed by atoms with van der Waals surface area (Å²) in [6, 6.07) is 5.60. The van der Waals surface area contributed by atoms with Gasteiger partial charge in [0.05, 0.1) is 19.2 Å². The molecular formula is C16H24N2O4. The van der Waals surface area contributed by atoms with E-state index in [4.69, 9.17) is 14.6 Å². The summed E-state index contributed by atoms with van der Waals surface area (Å²) < 4.78 is 11.1. The van der Waals surface area contributed by atoms with Crippen molar-refractivity contribution in [3.8, 4) is 11.5 Å². The zero-order chi connectivity index (χ0) is 15.9. The molecule has 6 nitrogen and oxygen atoms in total. The van der Waals surface area contributed by atoms with Gasteiger partial charge in [0.25, 0.3) is 0 Å². The van der Waals surface area contributed by atoms with Crippen molar-refractivity contribution in [1.29, 1.82) is 0 Å². The van der Waals surface area contributed by atoms with Gasteiger partial charge in [0.1, 0.15) is 13.2 Å². The van der Waals surface area contributed by atoms with E-state index in [0.717, 1.165) is 23.6 Å². The van der Waals surface area contributed by atoms with E-state index in [2.05, 4.69) is 5.32 Å². The number of rotatable bonds is 7.